The molecule has 0 radical (unpaired) electrons. The largest absolute Gasteiger partial charge is 0.385 e. The summed E-state index contributed by atoms with van der Waals surface area (Å²) in [7, 11) is 0. The first kappa shape index (κ1) is 15.8. The van der Waals surface area contributed by atoms with Crippen molar-refractivity contribution in [3.05, 3.63) is 28.3 Å². The van der Waals surface area contributed by atoms with Gasteiger partial charge < -0.3 is 10.2 Å². The Bertz CT molecular complexity index is 496. The Morgan fingerprint density at radius 3 is 2.70 bits per heavy atom. The zero-order chi connectivity index (χ0) is 15.0. The van der Waals surface area contributed by atoms with E-state index in [0.29, 0.717) is 19.5 Å². The first-order valence-electron chi connectivity index (χ1n) is 6.77. The van der Waals surface area contributed by atoms with Gasteiger partial charge in [0, 0.05) is 43.1 Å². The summed E-state index contributed by atoms with van der Waals surface area (Å²) >= 11 is 0. The Labute approximate surface area is 119 Å². The van der Waals surface area contributed by atoms with Crippen molar-refractivity contribution in [1.82, 2.24) is 0 Å². The van der Waals surface area contributed by atoms with Crippen molar-refractivity contribution in [2.45, 2.75) is 26.7 Å². The van der Waals surface area contributed by atoms with Crippen LogP contribution in [0.2, 0.25) is 0 Å². The van der Waals surface area contributed by atoms with Gasteiger partial charge in [-0.2, -0.15) is 5.26 Å². The molecule has 0 unspecified atom stereocenters. The van der Waals surface area contributed by atoms with Crippen LogP contribution in [0.25, 0.3) is 0 Å². The molecule has 0 amide bonds. The summed E-state index contributed by atoms with van der Waals surface area (Å²) in [6, 6.07) is 7.08. The highest BCUT2D eigenvalue weighted by molar-refractivity contribution is 5.64. The van der Waals surface area contributed by atoms with Crippen LogP contribution in [0.1, 0.15) is 26.7 Å². The van der Waals surface area contributed by atoms with Crippen molar-refractivity contribution >= 4 is 17.1 Å². The second-order valence-electron chi connectivity index (χ2n) is 4.41. The molecule has 0 aliphatic carbocycles. The summed E-state index contributed by atoms with van der Waals surface area (Å²) in [6.07, 6.45) is 1.35. The molecule has 0 aliphatic heterocycles. The maximum atomic E-state index is 11.0. The molecule has 20 heavy (non-hydrogen) atoms. The van der Waals surface area contributed by atoms with E-state index >= 15 is 0 Å². The molecule has 0 spiro atoms. The van der Waals surface area contributed by atoms with Gasteiger partial charge in [0.1, 0.15) is 0 Å². The minimum absolute atomic E-state index is 0.0662. The lowest BCUT2D eigenvalue weighted by Gasteiger charge is -2.22. The van der Waals surface area contributed by atoms with Crippen LogP contribution >= 0.6 is 0 Å². The van der Waals surface area contributed by atoms with E-state index in [2.05, 4.69) is 11.4 Å². The molecule has 108 valence electrons. The first-order chi connectivity index (χ1) is 9.62. The van der Waals surface area contributed by atoms with E-state index in [0.717, 1.165) is 24.3 Å². The molecule has 0 aromatic heterocycles. The fraction of sp³-hybridized carbons (Fsp3) is 0.500. The smallest absolute Gasteiger partial charge is 0.273 e. The second kappa shape index (κ2) is 8.00. The SMILES string of the molecule is CCCNc1cc(N(CC)CCC#N)cc([N+](=O)[O-])c1. The molecule has 1 aromatic carbocycles. The van der Waals surface area contributed by atoms with Crippen molar-refractivity contribution in [1.29, 1.82) is 5.26 Å². The number of nitro groups is 1. The molecule has 0 saturated heterocycles. The Kier molecular flexibility index (Phi) is 6.30. The number of hydrogen-bond donors (Lipinski definition) is 1. The standard InChI is InChI=1S/C14H20N4O2/c1-3-7-16-12-9-13(11-14(10-12)18(19)20)17(4-2)8-5-6-15/h9-11,16H,3-5,7-8H2,1-2H3. The highest BCUT2D eigenvalue weighted by Gasteiger charge is 2.13. The van der Waals surface area contributed by atoms with Gasteiger partial charge in [-0.05, 0) is 19.4 Å². The van der Waals surface area contributed by atoms with Crippen molar-refractivity contribution in [2.24, 2.45) is 0 Å². The average Bonchev–Trinajstić information content (AvgIpc) is 2.45. The minimum Gasteiger partial charge on any atom is -0.385 e. The van der Waals surface area contributed by atoms with Crippen LogP contribution in [-0.2, 0) is 0 Å². The predicted octanol–water partition coefficient (Wildman–Crippen LogP) is 3.16. The molecule has 0 saturated carbocycles. The number of benzene rings is 1. The number of rotatable bonds is 8. The Hall–Kier alpha value is -2.29. The fourth-order valence-electron chi connectivity index (χ4n) is 1.91. The predicted molar refractivity (Wildman–Crippen MR) is 80.0 cm³/mol. The maximum absolute atomic E-state index is 11.0. The fourth-order valence-corrected chi connectivity index (χ4v) is 1.91. The van der Waals surface area contributed by atoms with Crippen LogP contribution in [-0.4, -0.2) is 24.6 Å². The Balaban J connectivity index is 3.06. The maximum Gasteiger partial charge on any atom is 0.273 e. The number of nitro benzene ring substituents is 1. The monoisotopic (exact) mass is 276 g/mol. The quantitative estimate of drug-likeness (QED) is 0.582. The number of nitrogens with one attached hydrogen (secondary N) is 1. The zero-order valence-electron chi connectivity index (χ0n) is 11.9. The molecule has 6 nitrogen and oxygen atoms in total. The molecule has 0 aliphatic rings. The summed E-state index contributed by atoms with van der Waals surface area (Å²) in [5.74, 6) is 0. The summed E-state index contributed by atoms with van der Waals surface area (Å²) < 4.78 is 0. The van der Waals surface area contributed by atoms with Gasteiger partial charge in [0.2, 0.25) is 0 Å². The molecule has 0 heterocycles. The van der Waals surface area contributed by atoms with Gasteiger partial charge in [-0.3, -0.25) is 10.1 Å². The molecule has 1 rings (SSSR count). The number of nitrogens with zero attached hydrogens (tertiary/aromatic N) is 3. The topological polar surface area (TPSA) is 82.2 Å². The van der Waals surface area contributed by atoms with E-state index in [-0.39, 0.29) is 5.69 Å². The normalized spacial score (nSPS) is 9.85. The van der Waals surface area contributed by atoms with Gasteiger partial charge in [0.05, 0.1) is 17.4 Å². The van der Waals surface area contributed by atoms with Gasteiger partial charge in [0.25, 0.3) is 5.69 Å². The molecule has 0 atom stereocenters. The summed E-state index contributed by atoms with van der Waals surface area (Å²) in [6.45, 7) is 6.05. The summed E-state index contributed by atoms with van der Waals surface area (Å²) in [5.41, 5.74) is 1.58. The first-order valence-corrected chi connectivity index (χ1v) is 6.77. The summed E-state index contributed by atoms with van der Waals surface area (Å²) in [5, 5.41) is 22.9. The molecular weight excluding hydrogens is 256 g/mol. The third-order valence-corrected chi connectivity index (χ3v) is 2.93. The lowest BCUT2D eigenvalue weighted by atomic mass is 10.2. The lowest BCUT2D eigenvalue weighted by Crippen LogP contribution is -2.23. The van der Waals surface area contributed by atoms with Gasteiger partial charge in [0.15, 0.2) is 0 Å². The van der Waals surface area contributed by atoms with Crippen LogP contribution < -0.4 is 10.2 Å². The highest BCUT2D eigenvalue weighted by atomic mass is 16.6. The van der Waals surface area contributed by atoms with Gasteiger partial charge in [-0.1, -0.05) is 6.92 Å². The van der Waals surface area contributed by atoms with E-state index in [1.54, 1.807) is 6.07 Å². The minimum atomic E-state index is -0.390. The van der Waals surface area contributed by atoms with E-state index in [9.17, 15) is 10.1 Å². The number of non-ortho nitro benzene ring substituents is 1. The van der Waals surface area contributed by atoms with Crippen LogP contribution in [0.5, 0.6) is 0 Å². The van der Waals surface area contributed by atoms with E-state index in [4.69, 9.17) is 5.26 Å². The molecule has 6 heteroatoms. The van der Waals surface area contributed by atoms with Crippen LogP contribution in [0.4, 0.5) is 17.1 Å². The van der Waals surface area contributed by atoms with Crippen LogP contribution in [0, 0.1) is 21.4 Å². The van der Waals surface area contributed by atoms with Crippen molar-refractivity contribution in [3.63, 3.8) is 0 Å². The molecule has 1 N–H and O–H groups in total. The van der Waals surface area contributed by atoms with Crippen molar-refractivity contribution in [2.75, 3.05) is 29.9 Å². The molecule has 1 aromatic rings. The van der Waals surface area contributed by atoms with Crippen LogP contribution in [0.3, 0.4) is 0 Å². The van der Waals surface area contributed by atoms with E-state index in [1.807, 2.05) is 24.8 Å². The summed E-state index contributed by atoms with van der Waals surface area (Å²) in [4.78, 5) is 12.6. The van der Waals surface area contributed by atoms with Gasteiger partial charge >= 0.3 is 0 Å². The molecule has 0 bridgehead atoms. The van der Waals surface area contributed by atoms with E-state index < -0.39 is 4.92 Å². The van der Waals surface area contributed by atoms with Crippen molar-refractivity contribution in [3.8, 4) is 6.07 Å². The number of hydrogen-bond acceptors (Lipinski definition) is 5. The molecule has 0 fully saturated rings. The van der Waals surface area contributed by atoms with Crippen LogP contribution in [0.15, 0.2) is 18.2 Å². The van der Waals surface area contributed by atoms with Gasteiger partial charge in [-0.15, -0.1) is 0 Å². The number of nitriles is 1. The lowest BCUT2D eigenvalue weighted by molar-refractivity contribution is -0.384. The third kappa shape index (κ3) is 4.43. The highest BCUT2D eigenvalue weighted by Crippen LogP contribution is 2.27. The zero-order valence-corrected chi connectivity index (χ0v) is 11.9. The second-order valence-corrected chi connectivity index (χ2v) is 4.41. The van der Waals surface area contributed by atoms with Gasteiger partial charge in [-0.25, -0.2) is 0 Å². The molecular formula is C14H20N4O2. The van der Waals surface area contributed by atoms with Crippen molar-refractivity contribution < 1.29 is 4.92 Å². The third-order valence-electron chi connectivity index (χ3n) is 2.93. The van der Waals surface area contributed by atoms with E-state index in [1.165, 1.54) is 6.07 Å². The Morgan fingerprint density at radius 2 is 2.15 bits per heavy atom. The average molecular weight is 276 g/mol. The number of anilines is 2. The Morgan fingerprint density at radius 1 is 1.40 bits per heavy atom.